The molecule has 1 aliphatic carbocycles. The van der Waals surface area contributed by atoms with Gasteiger partial charge in [-0.3, -0.25) is 9.59 Å². The van der Waals surface area contributed by atoms with Gasteiger partial charge in [-0.05, 0) is 37.6 Å². The van der Waals surface area contributed by atoms with Gasteiger partial charge in [0.25, 0.3) is 0 Å². The summed E-state index contributed by atoms with van der Waals surface area (Å²) in [5.74, 6) is 0.234. The van der Waals surface area contributed by atoms with Crippen LogP contribution in [0.25, 0.3) is 0 Å². The van der Waals surface area contributed by atoms with E-state index < -0.39 is 0 Å². The molecule has 1 saturated carbocycles. The van der Waals surface area contributed by atoms with E-state index in [0.29, 0.717) is 13.1 Å². The van der Waals surface area contributed by atoms with Crippen LogP contribution in [0.4, 0.5) is 5.69 Å². The first-order valence-corrected chi connectivity index (χ1v) is 7.00. The first kappa shape index (κ1) is 14.5. The van der Waals surface area contributed by atoms with E-state index in [-0.39, 0.29) is 17.7 Å². The van der Waals surface area contributed by atoms with Crippen LogP contribution in [0.5, 0.6) is 0 Å². The average molecular weight is 275 g/mol. The van der Waals surface area contributed by atoms with E-state index in [1.54, 1.807) is 7.05 Å². The molecule has 2 rings (SSSR count). The third-order valence-corrected chi connectivity index (χ3v) is 3.50. The van der Waals surface area contributed by atoms with Crippen molar-refractivity contribution in [3.63, 3.8) is 0 Å². The number of amides is 2. The summed E-state index contributed by atoms with van der Waals surface area (Å²) in [6, 6.07) is 7.58. The van der Waals surface area contributed by atoms with E-state index in [1.165, 1.54) is 0 Å². The maximum atomic E-state index is 11.9. The fraction of sp³-hybridized carbons (Fsp3) is 0.467. The maximum absolute atomic E-state index is 11.9. The summed E-state index contributed by atoms with van der Waals surface area (Å²) in [6.45, 7) is 0.770. The Morgan fingerprint density at radius 2 is 2.10 bits per heavy atom. The Bertz CT molecular complexity index is 484. The molecule has 2 amide bonds. The number of benzene rings is 1. The zero-order valence-electron chi connectivity index (χ0n) is 11.7. The number of nitrogens with one attached hydrogen (secondary N) is 3. The summed E-state index contributed by atoms with van der Waals surface area (Å²) in [5, 5.41) is 8.54. The van der Waals surface area contributed by atoms with Crippen molar-refractivity contribution in [1.82, 2.24) is 10.6 Å². The Morgan fingerprint density at radius 1 is 1.30 bits per heavy atom. The molecule has 108 valence electrons. The summed E-state index contributed by atoms with van der Waals surface area (Å²) >= 11 is 0. The number of carbonyl (C=O) groups is 2. The molecule has 0 bridgehead atoms. The van der Waals surface area contributed by atoms with E-state index in [2.05, 4.69) is 16.0 Å². The van der Waals surface area contributed by atoms with Gasteiger partial charge in [-0.25, -0.2) is 0 Å². The van der Waals surface area contributed by atoms with Crippen LogP contribution in [-0.2, 0) is 16.1 Å². The molecule has 0 aliphatic heterocycles. The Hall–Kier alpha value is -1.88. The minimum atomic E-state index is -0.0450. The molecule has 0 aromatic heterocycles. The molecule has 0 unspecified atom stereocenters. The van der Waals surface area contributed by atoms with Crippen molar-refractivity contribution in [2.45, 2.75) is 25.8 Å². The molecule has 1 fully saturated rings. The van der Waals surface area contributed by atoms with Gasteiger partial charge in [0, 0.05) is 18.2 Å². The van der Waals surface area contributed by atoms with E-state index >= 15 is 0 Å². The third-order valence-electron chi connectivity index (χ3n) is 3.50. The number of hydrogen-bond donors (Lipinski definition) is 3. The highest BCUT2D eigenvalue weighted by Crippen LogP contribution is 2.27. The second-order valence-electron chi connectivity index (χ2n) is 5.12. The fourth-order valence-electron chi connectivity index (χ4n) is 2.10. The second kappa shape index (κ2) is 7.05. The molecule has 1 aliphatic rings. The van der Waals surface area contributed by atoms with Gasteiger partial charge in [-0.1, -0.05) is 18.6 Å². The molecular formula is C15H21N3O2. The quantitative estimate of drug-likeness (QED) is 0.732. The van der Waals surface area contributed by atoms with Gasteiger partial charge in [0.15, 0.2) is 0 Å². The van der Waals surface area contributed by atoms with Crippen molar-refractivity contribution in [3.05, 3.63) is 29.8 Å². The molecule has 0 spiro atoms. The molecule has 5 heteroatoms. The van der Waals surface area contributed by atoms with Crippen LogP contribution in [0.3, 0.4) is 0 Å². The van der Waals surface area contributed by atoms with Crippen LogP contribution in [0.1, 0.15) is 24.8 Å². The summed E-state index contributed by atoms with van der Waals surface area (Å²) in [4.78, 5) is 23.2. The highest BCUT2D eigenvalue weighted by molar-refractivity contribution is 5.93. The van der Waals surface area contributed by atoms with Crippen molar-refractivity contribution in [2.75, 3.05) is 18.9 Å². The minimum Gasteiger partial charge on any atom is -0.351 e. The SMILES string of the molecule is CNCC(=O)NCc1cccc(NC(=O)C2CCC2)c1. The van der Waals surface area contributed by atoms with Gasteiger partial charge in [-0.2, -0.15) is 0 Å². The number of rotatable bonds is 6. The van der Waals surface area contributed by atoms with Crippen LogP contribution >= 0.6 is 0 Å². The molecule has 0 radical (unpaired) electrons. The minimum absolute atomic E-state index is 0.0450. The van der Waals surface area contributed by atoms with Gasteiger partial charge >= 0.3 is 0 Å². The predicted octanol–water partition coefficient (Wildman–Crippen LogP) is 1.26. The molecule has 20 heavy (non-hydrogen) atoms. The summed E-state index contributed by atoms with van der Waals surface area (Å²) < 4.78 is 0. The molecule has 0 atom stereocenters. The smallest absolute Gasteiger partial charge is 0.234 e. The number of anilines is 1. The van der Waals surface area contributed by atoms with E-state index in [1.807, 2.05) is 24.3 Å². The Kier molecular flexibility index (Phi) is 5.12. The molecule has 5 nitrogen and oxygen atoms in total. The van der Waals surface area contributed by atoms with E-state index in [9.17, 15) is 9.59 Å². The van der Waals surface area contributed by atoms with Gasteiger partial charge in [0.05, 0.1) is 6.54 Å². The molecular weight excluding hydrogens is 254 g/mol. The van der Waals surface area contributed by atoms with Crippen molar-refractivity contribution in [3.8, 4) is 0 Å². The topological polar surface area (TPSA) is 70.2 Å². The lowest BCUT2D eigenvalue weighted by atomic mass is 9.85. The van der Waals surface area contributed by atoms with Gasteiger partial charge < -0.3 is 16.0 Å². The van der Waals surface area contributed by atoms with E-state index in [0.717, 1.165) is 30.5 Å². The summed E-state index contributed by atoms with van der Waals surface area (Å²) in [6.07, 6.45) is 3.13. The average Bonchev–Trinajstić information content (AvgIpc) is 2.35. The number of hydrogen-bond acceptors (Lipinski definition) is 3. The fourth-order valence-corrected chi connectivity index (χ4v) is 2.10. The summed E-state index contributed by atoms with van der Waals surface area (Å²) in [5.41, 5.74) is 1.77. The van der Waals surface area contributed by atoms with Crippen molar-refractivity contribution in [1.29, 1.82) is 0 Å². The normalized spacial score (nSPS) is 14.4. The molecule has 1 aromatic rings. The second-order valence-corrected chi connectivity index (χ2v) is 5.12. The Morgan fingerprint density at radius 3 is 2.75 bits per heavy atom. The Labute approximate surface area is 119 Å². The van der Waals surface area contributed by atoms with Crippen LogP contribution in [0.15, 0.2) is 24.3 Å². The highest BCUT2D eigenvalue weighted by atomic mass is 16.2. The lowest BCUT2D eigenvalue weighted by Crippen LogP contribution is -2.31. The number of likely N-dealkylation sites (N-methyl/N-ethyl adjacent to an activating group) is 1. The highest BCUT2D eigenvalue weighted by Gasteiger charge is 2.25. The molecule has 0 saturated heterocycles. The van der Waals surface area contributed by atoms with Gasteiger partial charge in [0.2, 0.25) is 11.8 Å². The summed E-state index contributed by atoms with van der Waals surface area (Å²) in [7, 11) is 1.73. The maximum Gasteiger partial charge on any atom is 0.234 e. The van der Waals surface area contributed by atoms with Crippen molar-refractivity contribution < 1.29 is 9.59 Å². The molecule has 1 aromatic carbocycles. The lowest BCUT2D eigenvalue weighted by Gasteiger charge is -2.24. The lowest BCUT2D eigenvalue weighted by molar-refractivity contribution is -0.122. The van der Waals surface area contributed by atoms with Crippen LogP contribution in [0.2, 0.25) is 0 Å². The first-order chi connectivity index (χ1) is 9.69. The largest absolute Gasteiger partial charge is 0.351 e. The van der Waals surface area contributed by atoms with Crippen LogP contribution in [-0.4, -0.2) is 25.4 Å². The van der Waals surface area contributed by atoms with Crippen molar-refractivity contribution >= 4 is 17.5 Å². The zero-order valence-corrected chi connectivity index (χ0v) is 11.7. The third kappa shape index (κ3) is 4.06. The van der Waals surface area contributed by atoms with Crippen LogP contribution < -0.4 is 16.0 Å². The Balaban J connectivity index is 1.86. The van der Waals surface area contributed by atoms with Crippen molar-refractivity contribution in [2.24, 2.45) is 5.92 Å². The van der Waals surface area contributed by atoms with Crippen LogP contribution in [0, 0.1) is 5.92 Å². The zero-order chi connectivity index (χ0) is 14.4. The van der Waals surface area contributed by atoms with Gasteiger partial charge in [0.1, 0.15) is 0 Å². The standard InChI is InChI=1S/C15H21N3O2/c1-16-10-14(19)17-9-11-4-2-7-13(8-11)18-15(20)12-5-3-6-12/h2,4,7-8,12,16H,3,5-6,9-10H2,1H3,(H,17,19)(H,18,20). The number of carbonyl (C=O) groups excluding carboxylic acids is 2. The predicted molar refractivity (Wildman–Crippen MR) is 78.2 cm³/mol. The van der Waals surface area contributed by atoms with Gasteiger partial charge in [-0.15, -0.1) is 0 Å². The molecule has 3 N–H and O–H groups in total. The molecule has 0 heterocycles. The monoisotopic (exact) mass is 275 g/mol. The first-order valence-electron chi connectivity index (χ1n) is 7.00. The van der Waals surface area contributed by atoms with E-state index in [4.69, 9.17) is 0 Å².